The molecule has 0 aliphatic rings. The molecule has 0 amide bonds. The second kappa shape index (κ2) is 5.69. The maximum atomic E-state index is 10.9. The summed E-state index contributed by atoms with van der Waals surface area (Å²) in [6.07, 6.45) is 0.746. The Morgan fingerprint density at radius 3 is 2.56 bits per heavy atom. The Labute approximate surface area is 111 Å². The zero-order valence-electron chi connectivity index (χ0n) is 10.0. The Kier molecular flexibility index (Phi) is 4.00. The van der Waals surface area contributed by atoms with Crippen LogP contribution in [0.15, 0.2) is 42.5 Å². The Hall–Kier alpha value is -1.80. The molecule has 0 radical (unpaired) electrons. The van der Waals surface area contributed by atoms with E-state index in [9.17, 15) is 4.79 Å². The molecule has 0 fully saturated rings. The topological polar surface area (TPSA) is 26.3 Å². The van der Waals surface area contributed by atoms with E-state index in [4.69, 9.17) is 16.3 Å². The summed E-state index contributed by atoms with van der Waals surface area (Å²) in [7, 11) is 0. The molecule has 2 rings (SSSR count). The molecule has 0 saturated carbocycles. The van der Waals surface area contributed by atoms with Crippen LogP contribution < -0.4 is 4.74 Å². The molecule has 2 aromatic rings. The molecule has 0 aliphatic carbocycles. The van der Waals surface area contributed by atoms with Gasteiger partial charge in [-0.15, -0.1) is 0 Å². The average Bonchev–Trinajstić information content (AvgIpc) is 2.39. The van der Waals surface area contributed by atoms with Crippen LogP contribution in [0.4, 0.5) is 0 Å². The third kappa shape index (κ3) is 3.11. The van der Waals surface area contributed by atoms with Crippen LogP contribution in [-0.4, -0.2) is 6.29 Å². The van der Waals surface area contributed by atoms with E-state index < -0.39 is 0 Å². The van der Waals surface area contributed by atoms with Crippen LogP contribution in [0.2, 0.25) is 5.02 Å². The molecule has 0 aliphatic heterocycles. The van der Waals surface area contributed by atoms with Crippen LogP contribution in [0, 0.1) is 6.92 Å². The normalized spacial score (nSPS) is 10.1. The largest absolute Gasteiger partial charge is 0.488 e. The monoisotopic (exact) mass is 260 g/mol. The predicted octanol–water partition coefficient (Wildman–Crippen LogP) is 4.04. The Morgan fingerprint density at radius 1 is 1.17 bits per heavy atom. The van der Waals surface area contributed by atoms with Gasteiger partial charge < -0.3 is 4.74 Å². The summed E-state index contributed by atoms with van der Waals surface area (Å²) in [5.41, 5.74) is 2.74. The van der Waals surface area contributed by atoms with Crippen LogP contribution in [-0.2, 0) is 6.61 Å². The number of hydrogen-bond acceptors (Lipinski definition) is 2. The molecule has 92 valence electrons. The maximum absolute atomic E-state index is 10.9. The lowest BCUT2D eigenvalue weighted by Gasteiger charge is -2.09. The molecule has 2 nitrogen and oxygen atoms in total. The van der Waals surface area contributed by atoms with Gasteiger partial charge in [-0.05, 0) is 30.7 Å². The van der Waals surface area contributed by atoms with Gasteiger partial charge in [0.05, 0.1) is 5.56 Å². The number of rotatable bonds is 4. The highest BCUT2D eigenvalue weighted by Crippen LogP contribution is 2.22. The van der Waals surface area contributed by atoms with Crippen LogP contribution in [0.3, 0.4) is 0 Å². The molecule has 2 aromatic carbocycles. The van der Waals surface area contributed by atoms with Crippen molar-refractivity contribution in [3.05, 3.63) is 64.2 Å². The molecule has 18 heavy (non-hydrogen) atoms. The number of carbonyl (C=O) groups is 1. The first-order valence-electron chi connectivity index (χ1n) is 5.62. The van der Waals surface area contributed by atoms with Gasteiger partial charge in [0.15, 0.2) is 6.29 Å². The quantitative estimate of drug-likeness (QED) is 0.776. The minimum absolute atomic E-state index is 0.433. The van der Waals surface area contributed by atoms with Crippen molar-refractivity contribution in [1.82, 2.24) is 0 Å². The van der Waals surface area contributed by atoms with E-state index in [-0.39, 0.29) is 0 Å². The Bertz CT molecular complexity index is 547. The number of hydrogen-bond donors (Lipinski definition) is 0. The fourth-order valence-electron chi connectivity index (χ4n) is 1.59. The van der Waals surface area contributed by atoms with E-state index in [0.29, 0.717) is 22.9 Å². The van der Waals surface area contributed by atoms with Gasteiger partial charge in [-0.25, -0.2) is 0 Å². The second-order valence-corrected chi connectivity index (χ2v) is 4.51. The Morgan fingerprint density at radius 2 is 1.89 bits per heavy atom. The van der Waals surface area contributed by atoms with Crippen LogP contribution in [0.25, 0.3) is 0 Å². The SMILES string of the molecule is Cc1ccc(COc2ccc(Cl)cc2C=O)cc1. The van der Waals surface area contributed by atoms with Gasteiger partial charge >= 0.3 is 0 Å². The van der Waals surface area contributed by atoms with Crippen LogP contribution >= 0.6 is 11.6 Å². The number of halogens is 1. The van der Waals surface area contributed by atoms with Crippen molar-refractivity contribution >= 4 is 17.9 Å². The van der Waals surface area contributed by atoms with Crippen molar-refractivity contribution in [1.29, 1.82) is 0 Å². The van der Waals surface area contributed by atoms with Gasteiger partial charge in [-0.2, -0.15) is 0 Å². The third-order valence-corrected chi connectivity index (χ3v) is 2.85. The summed E-state index contributed by atoms with van der Waals surface area (Å²) in [4.78, 5) is 10.9. The summed E-state index contributed by atoms with van der Waals surface area (Å²) in [6.45, 7) is 2.47. The minimum atomic E-state index is 0.433. The van der Waals surface area contributed by atoms with Crippen molar-refractivity contribution in [2.45, 2.75) is 13.5 Å². The van der Waals surface area contributed by atoms with Gasteiger partial charge in [-0.1, -0.05) is 41.4 Å². The van der Waals surface area contributed by atoms with Gasteiger partial charge in [0, 0.05) is 5.02 Å². The number of ether oxygens (including phenoxy) is 1. The highest BCUT2D eigenvalue weighted by Gasteiger charge is 2.04. The third-order valence-electron chi connectivity index (χ3n) is 2.61. The molecule has 0 atom stereocenters. The molecule has 0 heterocycles. The number of benzene rings is 2. The molecule has 0 unspecified atom stereocenters. The molecule has 0 saturated heterocycles. The summed E-state index contributed by atoms with van der Waals surface area (Å²) in [5, 5.41) is 0.528. The molecule has 0 aromatic heterocycles. The van der Waals surface area contributed by atoms with Crippen LogP contribution in [0.5, 0.6) is 5.75 Å². The molecule has 0 N–H and O–H groups in total. The minimum Gasteiger partial charge on any atom is -0.488 e. The van der Waals surface area contributed by atoms with E-state index in [1.165, 1.54) is 5.56 Å². The van der Waals surface area contributed by atoms with E-state index in [1.54, 1.807) is 18.2 Å². The molecular weight excluding hydrogens is 248 g/mol. The molecular formula is C15H13ClO2. The Balaban J connectivity index is 2.10. The molecule has 0 bridgehead atoms. The lowest BCUT2D eigenvalue weighted by molar-refractivity contribution is 0.111. The lowest BCUT2D eigenvalue weighted by atomic mass is 10.1. The number of aldehydes is 1. The standard InChI is InChI=1S/C15H13ClO2/c1-11-2-4-12(5-3-11)10-18-15-7-6-14(16)8-13(15)9-17/h2-9H,10H2,1H3. The second-order valence-electron chi connectivity index (χ2n) is 4.07. The number of carbonyl (C=O) groups excluding carboxylic acids is 1. The van der Waals surface area contributed by atoms with Gasteiger partial charge in [0.25, 0.3) is 0 Å². The maximum Gasteiger partial charge on any atom is 0.153 e. The zero-order chi connectivity index (χ0) is 13.0. The first-order chi connectivity index (χ1) is 8.69. The summed E-state index contributed by atoms with van der Waals surface area (Å²) < 4.78 is 5.62. The van der Waals surface area contributed by atoms with E-state index in [0.717, 1.165) is 11.8 Å². The summed E-state index contributed by atoms with van der Waals surface area (Å²) >= 11 is 5.82. The molecule has 0 spiro atoms. The van der Waals surface area contributed by atoms with Crippen molar-refractivity contribution < 1.29 is 9.53 Å². The zero-order valence-corrected chi connectivity index (χ0v) is 10.8. The average molecular weight is 261 g/mol. The van der Waals surface area contributed by atoms with Gasteiger partial charge in [0.2, 0.25) is 0 Å². The number of aryl methyl sites for hydroxylation is 1. The fourth-order valence-corrected chi connectivity index (χ4v) is 1.77. The van der Waals surface area contributed by atoms with E-state index in [2.05, 4.69) is 0 Å². The van der Waals surface area contributed by atoms with Crippen molar-refractivity contribution in [3.8, 4) is 5.75 Å². The highest BCUT2D eigenvalue weighted by atomic mass is 35.5. The predicted molar refractivity (Wildman–Crippen MR) is 72.4 cm³/mol. The van der Waals surface area contributed by atoms with Crippen molar-refractivity contribution in [2.75, 3.05) is 0 Å². The van der Waals surface area contributed by atoms with Crippen molar-refractivity contribution in [2.24, 2.45) is 0 Å². The fraction of sp³-hybridized carbons (Fsp3) is 0.133. The summed E-state index contributed by atoms with van der Waals surface area (Å²) in [5.74, 6) is 0.551. The molecule has 3 heteroatoms. The lowest BCUT2D eigenvalue weighted by Crippen LogP contribution is -1.98. The van der Waals surface area contributed by atoms with Gasteiger partial charge in [0.1, 0.15) is 12.4 Å². The first kappa shape index (κ1) is 12.7. The van der Waals surface area contributed by atoms with Crippen LogP contribution in [0.1, 0.15) is 21.5 Å². The van der Waals surface area contributed by atoms with Crippen molar-refractivity contribution in [3.63, 3.8) is 0 Å². The smallest absolute Gasteiger partial charge is 0.153 e. The van der Waals surface area contributed by atoms with E-state index >= 15 is 0 Å². The van der Waals surface area contributed by atoms with E-state index in [1.807, 2.05) is 31.2 Å². The first-order valence-corrected chi connectivity index (χ1v) is 6.00. The highest BCUT2D eigenvalue weighted by molar-refractivity contribution is 6.30. The summed E-state index contributed by atoms with van der Waals surface area (Å²) in [6, 6.07) is 13.1. The van der Waals surface area contributed by atoms with Gasteiger partial charge in [-0.3, -0.25) is 4.79 Å².